The number of carbonyl (C=O) groups is 2. The molecule has 0 aliphatic carbocycles. The summed E-state index contributed by atoms with van der Waals surface area (Å²) in [5.41, 5.74) is 2.16. The van der Waals surface area contributed by atoms with Crippen LogP contribution in [0.2, 0.25) is 5.02 Å². The fourth-order valence-electron chi connectivity index (χ4n) is 2.97. The molecule has 30 heavy (non-hydrogen) atoms. The molecule has 0 fully saturated rings. The van der Waals surface area contributed by atoms with E-state index in [4.69, 9.17) is 11.6 Å². The van der Waals surface area contributed by atoms with E-state index in [1.807, 2.05) is 54.6 Å². The second kappa shape index (κ2) is 12.7. The van der Waals surface area contributed by atoms with E-state index in [0.29, 0.717) is 42.0 Å². The highest BCUT2D eigenvalue weighted by molar-refractivity contribution is 7.99. The molecular weight excluding hydrogens is 416 g/mol. The van der Waals surface area contributed by atoms with Crippen LogP contribution < -0.4 is 5.32 Å². The van der Waals surface area contributed by atoms with Gasteiger partial charge in [0.25, 0.3) is 0 Å². The molecule has 0 aliphatic rings. The van der Waals surface area contributed by atoms with Crippen molar-refractivity contribution in [3.63, 3.8) is 0 Å². The van der Waals surface area contributed by atoms with Crippen LogP contribution in [0.1, 0.15) is 31.9 Å². The fraction of sp³-hybridized carbons (Fsp3) is 0.417. The van der Waals surface area contributed by atoms with Crippen molar-refractivity contribution in [2.45, 2.75) is 39.0 Å². The van der Waals surface area contributed by atoms with Crippen molar-refractivity contribution in [1.29, 1.82) is 0 Å². The Morgan fingerprint density at radius 2 is 1.70 bits per heavy atom. The molecule has 0 spiro atoms. The molecule has 0 saturated heterocycles. The Hall–Kier alpha value is -1.98. The van der Waals surface area contributed by atoms with E-state index in [0.717, 1.165) is 11.1 Å². The monoisotopic (exact) mass is 446 g/mol. The first kappa shape index (κ1) is 24.3. The van der Waals surface area contributed by atoms with E-state index in [-0.39, 0.29) is 11.8 Å². The average molecular weight is 447 g/mol. The predicted octanol–water partition coefficient (Wildman–Crippen LogP) is 4.81. The minimum absolute atomic E-state index is 0.0322. The highest BCUT2D eigenvalue weighted by Crippen LogP contribution is 2.21. The van der Waals surface area contributed by atoms with Gasteiger partial charge in [0.05, 0.1) is 5.75 Å². The molecule has 2 aromatic rings. The summed E-state index contributed by atoms with van der Waals surface area (Å²) in [5.74, 6) is 1.19. The lowest BCUT2D eigenvalue weighted by atomic mass is 10.1. The van der Waals surface area contributed by atoms with Gasteiger partial charge in [0.15, 0.2) is 0 Å². The molecule has 0 bridgehead atoms. The molecule has 0 radical (unpaired) electrons. The number of hydrogen-bond acceptors (Lipinski definition) is 3. The van der Waals surface area contributed by atoms with E-state index in [2.05, 4.69) is 19.2 Å². The van der Waals surface area contributed by atoms with E-state index in [1.54, 1.807) is 11.8 Å². The normalized spacial score (nSPS) is 11.9. The summed E-state index contributed by atoms with van der Waals surface area (Å²) in [5, 5.41) is 3.66. The standard InChI is InChI=1S/C24H31ClN2O2S/c1-18(2)15-26-24(29)19(3)27(14-13-20-9-5-4-6-10-20)23(28)17-30-16-21-11-7-8-12-22(21)25/h4-12,18-19H,13-17H2,1-3H3,(H,26,29)/t19-/m1/s1. The zero-order chi connectivity index (χ0) is 21.9. The lowest BCUT2D eigenvalue weighted by Crippen LogP contribution is -2.50. The SMILES string of the molecule is CC(C)CNC(=O)[C@@H](C)N(CCc1ccccc1)C(=O)CSCc1ccccc1Cl. The van der Waals surface area contributed by atoms with E-state index in [9.17, 15) is 9.59 Å². The Bertz CT molecular complexity index is 814. The maximum atomic E-state index is 13.0. The van der Waals surface area contributed by atoms with Gasteiger partial charge in [0.1, 0.15) is 6.04 Å². The summed E-state index contributed by atoms with van der Waals surface area (Å²) in [4.78, 5) is 27.3. The molecule has 0 saturated carbocycles. The minimum Gasteiger partial charge on any atom is -0.354 e. The van der Waals surface area contributed by atoms with Gasteiger partial charge in [0.2, 0.25) is 11.8 Å². The summed E-state index contributed by atoms with van der Waals surface area (Å²) in [7, 11) is 0. The van der Waals surface area contributed by atoms with Crippen LogP contribution in [0.15, 0.2) is 54.6 Å². The number of nitrogens with zero attached hydrogens (tertiary/aromatic N) is 1. The molecule has 2 amide bonds. The van der Waals surface area contributed by atoms with Gasteiger partial charge in [-0.25, -0.2) is 0 Å². The summed E-state index contributed by atoms with van der Waals surface area (Å²) < 4.78 is 0. The van der Waals surface area contributed by atoms with Crippen molar-refractivity contribution in [2.75, 3.05) is 18.8 Å². The number of benzene rings is 2. The highest BCUT2D eigenvalue weighted by atomic mass is 35.5. The Kier molecular flexibility index (Phi) is 10.2. The lowest BCUT2D eigenvalue weighted by molar-refractivity contribution is -0.138. The maximum absolute atomic E-state index is 13.0. The van der Waals surface area contributed by atoms with Gasteiger partial charge in [0, 0.05) is 23.9 Å². The van der Waals surface area contributed by atoms with Crippen LogP contribution in [-0.4, -0.2) is 41.6 Å². The van der Waals surface area contributed by atoms with Gasteiger partial charge >= 0.3 is 0 Å². The summed E-state index contributed by atoms with van der Waals surface area (Å²) >= 11 is 7.73. The topological polar surface area (TPSA) is 49.4 Å². The second-order valence-electron chi connectivity index (χ2n) is 7.72. The second-order valence-corrected chi connectivity index (χ2v) is 9.11. The molecule has 0 heterocycles. The predicted molar refractivity (Wildman–Crippen MR) is 127 cm³/mol. The first-order chi connectivity index (χ1) is 14.4. The first-order valence-electron chi connectivity index (χ1n) is 10.3. The van der Waals surface area contributed by atoms with Crippen molar-refractivity contribution in [3.8, 4) is 0 Å². The van der Waals surface area contributed by atoms with Crippen molar-refractivity contribution in [1.82, 2.24) is 10.2 Å². The summed E-state index contributed by atoms with van der Waals surface area (Å²) in [6, 6.07) is 17.2. The van der Waals surface area contributed by atoms with Crippen LogP contribution >= 0.6 is 23.4 Å². The molecule has 162 valence electrons. The quantitative estimate of drug-likeness (QED) is 0.539. The molecule has 0 unspecified atom stereocenters. The Labute approximate surface area is 189 Å². The molecular formula is C24H31ClN2O2S. The zero-order valence-corrected chi connectivity index (χ0v) is 19.5. The van der Waals surface area contributed by atoms with Crippen molar-refractivity contribution in [3.05, 3.63) is 70.7 Å². The van der Waals surface area contributed by atoms with Crippen LogP contribution in [0, 0.1) is 5.92 Å². The van der Waals surface area contributed by atoms with Gasteiger partial charge in [-0.3, -0.25) is 9.59 Å². The third kappa shape index (κ3) is 8.04. The minimum atomic E-state index is -0.513. The van der Waals surface area contributed by atoms with Gasteiger partial charge in [-0.2, -0.15) is 0 Å². The Morgan fingerprint density at radius 1 is 1.03 bits per heavy atom. The lowest BCUT2D eigenvalue weighted by Gasteiger charge is -2.29. The Morgan fingerprint density at radius 3 is 2.37 bits per heavy atom. The molecule has 2 rings (SSSR count). The first-order valence-corrected chi connectivity index (χ1v) is 11.8. The Balaban J connectivity index is 1.99. The van der Waals surface area contributed by atoms with E-state index in [1.165, 1.54) is 11.8 Å². The van der Waals surface area contributed by atoms with Crippen LogP contribution in [0.5, 0.6) is 0 Å². The number of amides is 2. The summed E-state index contributed by atoms with van der Waals surface area (Å²) in [6.07, 6.45) is 0.712. The zero-order valence-electron chi connectivity index (χ0n) is 17.9. The molecule has 0 aromatic heterocycles. The van der Waals surface area contributed by atoms with Crippen LogP contribution in [0.4, 0.5) is 0 Å². The number of thioether (sulfide) groups is 1. The van der Waals surface area contributed by atoms with Gasteiger partial charge < -0.3 is 10.2 Å². The largest absolute Gasteiger partial charge is 0.354 e. The van der Waals surface area contributed by atoms with Crippen molar-refractivity contribution in [2.24, 2.45) is 5.92 Å². The van der Waals surface area contributed by atoms with E-state index >= 15 is 0 Å². The summed E-state index contributed by atoms with van der Waals surface area (Å²) in [6.45, 7) is 7.01. The molecule has 4 nitrogen and oxygen atoms in total. The highest BCUT2D eigenvalue weighted by Gasteiger charge is 2.25. The fourth-order valence-corrected chi connectivity index (χ4v) is 4.17. The van der Waals surface area contributed by atoms with Gasteiger partial charge in [-0.15, -0.1) is 11.8 Å². The maximum Gasteiger partial charge on any atom is 0.242 e. The van der Waals surface area contributed by atoms with Crippen molar-refractivity contribution < 1.29 is 9.59 Å². The van der Waals surface area contributed by atoms with Crippen molar-refractivity contribution >= 4 is 35.2 Å². The molecule has 0 aliphatic heterocycles. The third-order valence-corrected chi connectivity index (χ3v) is 6.11. The third-order valence-electron chi connectivity index (χ3n) is 4.78. The van der Waals surface area contributed by atoms with Gasteiger partial charge in [-0.05, 0) is 36.5 Å². The van der Waals surface area contributed by atoms with E-state index < -0.39 is 6.04 Å². The van der Waals surface area contributed by atoms with Crippen LogP contribution in [0.3, 0.4) is 0 Å². The van der Waals surface area contributed by atoms with Crippen LogP contribution in [0.25, 0.3) is 0 Å². The number of carbonyl (C=O) groups excluding carboxylic acids is 2. The molecule has 1 atom stereocenters. The average Bonchev–Trinajstić information content (AvgIpc) is 2.74. The smallest absolute Gasteiger partial charge is 0.242 e. The number of hydrogen-bond donors (Lipinski definition) is 1. The number of rotatable bonds is 11. The van der Waals surface area contributed by atoms with Crippen LogP contribution in [-0.2, 0) is 21.8 Å². The molecule has 2 aromatic carbocycles. The molecule has 1 N–H and O–H groups in total. The van der Waals surface area contributed by atoms with Gasteiger partial charge in [-0.1, -0.05) is 74.0 Å². The molecule has 6 heteroatoms. The number of halogens is 1. The number of nitrogens with one attached hydrogen (secondary N) is 1.